The molecule has 0 unspecified atom stereocenters. The molecule has 2 fully saturated rings. The van der Waals surface area contributed by atoms with Crippen molar-refractivity contribution in [3.8, 4) is 5.75 Å². The number of amides is 3. The fourth-order valence-electron chi connectivity index (χ4n) is 3.91. The minimum Gasteiger partial charge on any atom is -0.484 e. The second kappa shape index (κ2) is 7.57. The largest absolute Gasteiger partial charge is 0.484 e. The number of rotatable bonds is 6. The second-order valence-electron chi connectivity index (χ2n) is 7.41. The fraction of sp³-hybridized carbons (Fsp3) is 0.400. The number of H-pyrrole nitrogens is 1. The number of aromatic amines is 1. The summed E-state index contributed by atoms with van der Waals surface area (Å²) in [7, 11) is 0. The molecule has 3 amide bonds. The molecule has 1 aromatic carbocycles. The van der Waals surface area contributed by atoms with Crippen molar-refractivity contribution in [1.29, 1.82) is 0 Å². The number of fused-ring (bicyclic) bond motifs is 1. The minimum atomic E-state index is -0.205. The summed E-state index contributed by atoms with van der Waals surface area (Å²) < 4.78 is 5.61. The van der Waals surface area contributed by atoms with Crippen molar-refractivity contribution >= 4 is 23.4 Å². The van der Waals surface area contributed by atoms with Gasteiger partial charge < -0.3 is 25.3 Å². The van der Waals surface area contributed by atoms with Gasteiger partial charge in [-0.3, -0.25) is 14.4 Å². The van der Waals surface area contributed by atoms with Crippen molar-refractivity contribution in [3.05, 3.63) is 42.0 Å². The molecule has 1 saturated heterocycles. The van der Waals surface area contributed by atoms with Gasteiger partial charge in [0.15, 0.2) is 6.61 Å². The lowest BCUT2D eigenvalue weighted by molar-refractivity contribution is -0.133. The summed E-state index contributed by atoms with van der Waals surface area (Å²) in [5.74, 6) is 0.988. The third-order valence-electron chi connectivity index (χ3n) is 5.27. The van der Waals surface area contributed by atoms with E-state index in [0.29, 0.717) is 29.5 Å². The smallest absolute Gasteiger partial charge is 0.269 e. The highest BCUT2D eigenvalue weighted by molar-refractivity contribution is 5.93. The number of anilines is 1. The van der Waals surface area contributed by atoms with Gasteiger partial charge in [0, 0.05) is 31.1 Å². The van der Waals surface area contributed by atoms with Crippen LogP contribution in [0.2, 0.25) is 0 Å². The number of imidazole rings is 1. The molecule has 1 saturated carbocycles. The van der Waals surface area contributed by atoms with Crippen LogP contribution in [0.25, 0.3) is 0 Å². The number of likely N-dealkylation sites (tertiary alicyclic amines) is 1. The Morgan fingerprint density at radius 3 is 2.90 bits per heavy atom. The van der Waals surface area contributed by atoms with E-state index in [1.165, 1.54) is 13.1 Å². The number of piperidine rings is 1. The highest BCUT2D eigenvalue weighted by Crippen LogP contribution is 2.45. The average molecular weight is 397 g/mol. The number of nitrogens with one attached hydrogen (secondary N) is 3. The monoisotopic (exact) mass is 397 g/mol. The van der Waals surface area contributed by atoms with Crippen molar-refractivity contribution in [2.75, 3.05) is 18.5 Å². The van der Waals surface area contributed by atoms with Crippen molar-refractivity contribution in [2.24, 2.45) is 5.92 Å². The van der Waals surface area contributed by atoms with Crippen LogP contribution in [0.3, 0.4) is 0 Å². The Morgan fingerprint density at radius 2 is 2.17 bits per heavy atom. The zero-order valence-electron chi connectivity index (χ0n) is 16.3. The number of ether oxygens (including phenoxy) is 1. The number of hydrogen-bond donors (Lipinski definition) is 3. The van der Waals surface area contributed by atoms with Gasteiger partial charge in [-0.1, -0.05) is 6.07 Å². The Labute approximate surface area is 167 Å². The van der Waals surface area contributed by atoms with E-state index in [-0.39, 0.29) is 42.3 Å². The van der Waals surface area contributed by atoms with E-state index in [0.717, 1.165) is 6.42 Å². The summed E-state index contributed by atoms with van der Waals surface area (Å²) in [6, 6.07) is 6.89. The third kappa shape index (κ3) is 4.08. The maximum absolute atomic E-state index is 12.6. The fourth-order valence-corrected chi connectivity index (χ4v) is 3.91. The molecule has 0 bridgehead atoms. The van der Waals surface area contributed by atoms with Gasteiger partial charge in [0.05, 0.1) is 18.3 Å². The van der Waals surface area contributed by atoms with Crippen LogP contribution in [-0.2, 0) is 9.59 Å². The number of aryl methyl sites for hydroxylation is 1. The van der Waals surface area contributed by atoms with E-state index in [2.05, 4.69) is 20.6 Å². The lowest BCUT2D eigenvalue weighted by Gasteiger charge is -2.20. The predicted octanol–water partition coefficient (Wildman–Crippen LogP) is 1.08. The van der Waals surface area contributed by atoms with Crippen molar-refractivity contribution < 1.29 is 19.1 Å². The van der Waals surface area contributed by atoms with Crippen molar-refractivity contribution in [1.82, 2.24) is 20.2 Å². The zero-order chi connectivity index (χ0) is 20.5. The van der Waals surface area contributed by atoms with Crippen molar-refractivity contribution in [3.63, 3.8) is 0 Å². The molecule has 2 aromatic rings. The molecular weight excluding hydrogens is 374 g/mol. The van der Waals surface area contributed by atoms with Crippen molar-refractivity contribution in [2.45, 2.75) is 32.4 Å². The molecular formula is C20H23N5O4. The quantitative estimate of drug-likeness (QED) is 0.675. The average Bonchev–Trinajstić information content (AvgIpc) is 3.02. The Balaban J connectivity index is 1.30. The lowest BCUT2D eigenvalue weighted by Crippen LogP contribution is -2.41. The number of carbonyl (C=O) groups is 3. The first-order chi connectivity index (χ1) is 13.9. The van der Waals surface area contributed by atoms with Crippen LogP contribution in [0.1, 0.15) is 29.7 Å². The first-order valence-electron chi connectivity index (χ1n) is 9.55. The molecule has 9 nitrogen and oxygen atoms in total. The minimum absolute atomic E-state index is 0.0183. The number of benzene rings is 1. The molecule has 0 radical (unpaired) electrons. The number of aromatic nitrogens is 2. The highest BCUT2D eigenvalue weighted by atomic mass is 16.5. The Morgan fingerprint density at radius 1 is 1.34 bits per heavy atom. The molecule has 0 spiro atoms. The van der Waals surface area contributed by atoms with Crippen LogP contribution in [0.4, 0.5) is 5.69 Å². The molecule has 9 heteroatoms. The summed E-state index contributed by atoms with van der Waals surface area (Å²) >= 11 is 0. The van der Waals surface area contributed by atoms with Crippen LogP contribution >= 0.6 is 0 Å². The van der Waals surface area contributed by atoms with Gasteiger partial charge in [0.1, 0.15) is 17.3 Å². The van der Waals surface area contributed by atoms with E-state index in [1.54, 1.807) is 36.1 Å². The number of hydrogen-bond acceptors (Lipinski definition) is 5. The van der Waals surface area contributed by atoms with Crippen LogP contribution in [0.15, 0.2) is 30.5 Å². The Bertz CT molecular complexity index is 956. The van der Waals surface area contributed by atoms with E-state index in [1.807, 2.05) is 0 Å². The van der Waals surface area contributed by atoms with Gasteiger partial charge >= 0.3 is 0 Å². The topological polar surface area (TPSA) is 116 Å². The molecule has 4 rings (SSSR count). The standard InChI is InChI=1S/C20H23N5O4/c1-11-21-9-16(22-11)20(28)24-18-15-6-7-25(19(15)18)17(27)10-29-14-5-3-4-13(8-14)23-12(2)26/h3-5,8-9,15,18-19H,6-7,10H2,1-2H3,(H,21,22)(H,23,26)(H,24,28)/t15-,18-,19-/m1/s1. The first kappa shape index (κ1) is 19.0. The zero-order valence-corrected chi connectivity index (χ0v) is 16.3. The molecule has 1 aliphatic heterocycles. The predicted molar refractivity (Wildman–Crippen MR) is 104 cm³/mol. The molecule has 2 heterocycles. The molecule has 1 aliphatic carbocycles. The van der Waals surface area contributed by atoms with E-state index >= 15 is 0 Å². The van der Waals surface area contributed by atoms with Crippen LogP contribution in [-0.4, -0.2) is 57.8 Å². The Hall–Kier alpha value is -3.36. The lowest BCUT2D eigenvalue weighted by atomic mass is 10.3. The molecule has 3 N–H and O–H groups in total. The van der Waals surface area contributed by atoms with E-state index in [4.69, 9.17) is 4.74 Å². The summed E-state index contributed by atoms with van der Waals surface area (Å²) in [4.78, 5) is 44.8. The van der Waals surface area contributed by atoms with Crippen LogP contribution in [0, 0.1) is 12.8 Å². The third-order valence-corrected chi connectivity index (χ3v) is 5.27. The second-order valence-corrected chi connectivity index (χ2v) is 7.41. The van der Waals surface area contributed by atoms with Gasteiger partial charge in [-0.15, -0.1) is 0 Å². The summed E-state index contributed by atoms with van der Waals surface area (Å²) in [5.41, 5.74) is 1.04. The molecule has 152 valence electrons. The van der Waals surface area contributed by atoms with Crippen LogP contribution < -0.4 is 15.4 Å². The van der Waals surface area contributed by atoms with Gasteiger partial charge in [-0.2, -0.15) is 0 Å². The maximum atomic E-state index is 12.6. The summed E-state index contributed by atoms with van der Waals surface area (Å²) in [6.45, 7) is 3.79. The molecule has 1 aromatic heterocycles. The van der Waals surface area contributed by atoms with E-state index in [9.17, 15) is 14.4 Å². The summed E-state index contributed by atoms with van der Waals surface area (Å²) in [5, 5.41) is 5.66. The van der Waals surface area contributed by atoms with Crippen LogP contribution in [0.5, 0.6) is 5.75 Å². The molecule has 3 atom stereocenters. The van der Waals surface area contributed by atoms with Gasteiger partial charge in [0.25, 0.3) is 11.8 Å². The Kier molecular flexibility index (Phi) is 4.96. The maximum Gasteiger partial charge on any atom is 0.269 e. The highest BCUT2D eigenvalue weighted by Gasteiger charge is 2.59. The first-order valence-corrected chi connectivity index (χ1v) is 9.55. The van der Waals surface area contributed by atoms with Gasteiger partial charge in [0.2, 0.25) is 5.91 Å². The number of carbonyl (C=O) groups excluding carboxylic acids is 3. The van der Waals surface area contributed by atoms with Gasteiger partial charge in [-0.05, 0) is 25.5 Å². The summed E-state index contributed by atoms with van der Waals surface area (Å²) in [6.07, 6.45) is 2.37. The SMILES string of the molecule is CC(=O)Nc1cccc(OCC(=O)N2CC[C@@H]3[C@@H](NC(=O)c4cnc(C)[nH]4)[C@@H]32)c1. The molecule has 2 aliphatic rings. The molecule has 29 heavy (non-hydrogen) atoms. The van der Waals surface area contributed by atoms with Gasteiger partial charge in [-0.25, -0.2) is 4.98 Å². The van der Waals surface area contributed by atoms with E-state index < -0.39 is 0 Å². The number of nitrogens with zero attached hydrogens (tertiary/aromatic N) is 2. The normalized spacial score (nSPS) is 22.0.